The van der Waals surface area contributed by atoms with Crippen molar-refractivity contribution in [3.05, 3.63) is 11.8 Å². The summed E-state index contributed by atoms with van der Waals surface area (Å²) in [7, 11) is 0. The molecule has 0 radical (unpaired) electrons. The minimum Gasteiger partial charge on any atom is -0.410 e. The average molecular weight is 210 g/mol. The fourth-order valence-corrected chi connectivity index (χ4v) is 2.42. The Morgan fingerprint density at radius 3 is 2.47 bits per heavy atom. The van der Waals surface area contributed by atoms with Gasteiger partial charge in [-0.05, 0) is 34.6 Å². The predicted molar refractivity (Wildman–Crippen MR) is 56.8 cm³/mol. The van der Waals surface area contributed by atoms with Gasteiger partial charge in [-0.25, -0.2) is 0 Å². The molecule has 0 saturated carbocycles. The van der Waals surface area contributed by atoms with E-state index < -0.39 is 5.66 Å². The maximum atomic E-state index is 11.0. The van der Waals surface area contributed by atoms with Crippen LogP contribution in [0.3, 0.4) is 0 Å². The van der Waals surface area contributed by atoms with Crippen LogP contribution in [0, 0.1) is 0 Å². The number of fused-ring (bicyclic) bond motifs is 1. The summed E-state index contributed by atoms with van der Waals surface area (Å²) in [5.41, 5.74) is -0.164. The van der Waals surface area contributed by atoms with Crippen molar-refractivity contribution in [2.24, 2.45) is 0 Å². The summed E-state index contributed by atoms with van der Waals surface area (Å²) in [5, 5.41) is 5.33. The van der Waals surface area contributed by atoms with Crippen molar-refractivity contribution in [3.63, 3.8) is 0 Å². The maximum absolute atomic E-state index is 11.0. The molecule has 0 aromatic carbocycles. The van der Waals surface area contributed by atoms with Crippen LogP contribution in [0.25, 0.3) is 0 Å². The standard InChI is InChI=1S/C11H18N2O2/c1-9(2)10(3,4)13-11(5,12-9)8(6-14)7-15-13/h6-7,12H,1-5H3. The largest absolute Gasteiger partial charge is 0.410 e. The number of hydrogen-bond donors (Lipinski definition) is 1. The lowest BCUT2D eigenvalue weighted by atomic mass is 9.84. The van der Waals surface area contributed by atoms with Crippen LogP contribution in [0.2, 0.25) is 0 Å². The van der Waals surface area contributed by atoms with Crippen LogP contribution in [0.1, 0.15) is 34.6 Å². The quantitative estimate of drug-likeness (QED) is 0.660. The lowest BCUT2D eigenvalue weighted by Crippen LogP contribution is -2.52. The molecule has 1 saturated heterocycles. The Kier molecular flexibility index (Phi) is 1.86. The highest BCUT2D eigenvalue weighted by Crippen LogP contribution is 2.46. The van der Waals surface area contributed by atoms with E-state index in [0.29, 0.717) is 5.57 Å². The molecule has 84 valence electrons. The summed E-state index contributed by atoms with van der Waals surface area (Å²) in [5.74, 6) is 0. The molecule has 1 fully saturated rings. The molecule has 15 heavy (non-hydrogen) atoms. The van der Waals surface area contributed by atoms with E-state index in [0.717, 1.165) is 6.29 Å². The zero-order valence-electron chi connectivity index (χ0n) is 9.92. The zero-order valence-corrected chi connectivity index (χ0v) is 9.92. The predicted octanol–water partition coefficient (Wildman–Crippen LogP) is 1.19. The molecule has 2 heterocycles. The summed E-state index contributed by atoms with van der Waals surface area (Å²) in [6.07, 6.45) is 2.38. The molecule has 4 heteroatoms. The molecule has 0 aromatic heterocycles. The molecule has 2 rings (SSSR count). The number of carbonyl (C=O) groups excluding carboxylic acids is 1. The van der Waals surface area contributed by atoms with Gasteiger partial charge in [-0.1, -0.05) is 0 Å². The molecule has 2 aliphatic rings. The van der Waals surface area contributed by atoms with E-state index in [2.05, 4.69) is 33.0 Å². The Labute approximate surface area is 90.2 Å². The number of hydrogen-bond acceptors (Lipinski definition) is 4. The van der Waals surface area contributed by atoms with Crippen molar-refractivity contribution in [2.45, 2.75) is 51.4 Å². The molecule has 0 aliphatic carbocycles. The van der Waals surface area contributed by atoms with Crippen LogP contribution in [0.5, 0.6) is 0 Å². The van der Waals surface area contributed by atoms with E-state index in [1.54, 1.807) is 0 Å². The van der Waals surface area contributed by atoms with E-state index in [1.165, 1.54) is 6.26 Å². The monoisotopic (exact) mass is 210 g/mol. The Bertz CT molecular complexity index is 346. The van der Waals surface area contributed by atoms with Crippen LogP contribution >= 0.6 is 0 Å². The minimum atomic E-state index is -0.505. The summed E-state index contributed by atoms with van der Waals surface area (Å²) >= 11 is 0. The number of nitrogens with zero attached hydrogens (tertiary/aromatic N) is 1. The van der Waals surface area contributed by atoms with Crippen molar-refractivity contribution in [2.75, 3.05) is 0 Å². The van der Waals surface area contributed by atoms with Gasteiger partial charge >= 0.3 is 0 Å². The topological polar surface area (TPSA) is 41.6 Å². The lowest BCUT2D eigenvalue weighted by Gasteiger charge is -2.38. The van der Waals surface area contributed by atoms with Gasteiger partial charge in [-0.3, -0.25) is 10.1 Å². The van der Waals surface area contributed by atoms with Gasteiger partial charge in [0.1, 0.15) is 11.9 Å². The third kappa shape index (κ3) is 1.06. The first-order valence-corrected chi connectivity index (χ1v) is 5.18. The first kappa shape index (κ1) is 10.6. The Morgan fingerprint density at radius 2 is 1.93 bits per heavy atom. The number of rotatable bonds is 1. The maximum Gasteiger partial charge on any atom is 0.152 e. The summed E-state index contributed by atoms with van der Waals surface area (Å²) in [4.78, 5) is 16.5. The lowest BCUT2D eigenvalue weighted by molar-refractivity contribution is -0.179. The smallest absolute Gasteiger partial charge is 0.152 e. The number of hydroxylamine groups is 2. The molecule has 0 amide bonds. The van der Waals surface area contributed by atoms with Gasteiger partial charge in [-0.15, -0.1) is 5.06 Å². The zero-order chi connectivity index (χ0) is 11.5. The Hall–Kier alpha value is -0.870. The second kappa shape index (κ2) is 2.62. The van der Waals surface area contributed by atoms with Crippen LogP contribution in [0.15, 0.2) is 11.8 Å². The first-order valence-electron chi connectivity index (χ1n) is 5.18. The average Bonchev–Trinajstić information content (AvgIpc) is 2.45. The van der Waals surface area contributed by atoms with Crippen molar-refractivity contribution in [1.82, 2.24) is 10.4 Å². The van der Waals surface area contributed by atoms with Gasteiger partial charge in [-0.2, -0.15) is 0 Å². The fourth-order valence-electron chi connectivity index (χ4n) is 2.42. The van der Waals surface area contributed by atoms with E-state index in [4.69, 9.17) is 4.84 Å². The molecule has 2 aliphatic heterocycles. The highest BCUT2D eigenvalue weighted by molar-refractivity contribution is 5.77. The number of nitrogens with one attached hydrogen (secondary N) is 1. The van der Waals surface area contributed by atoms with Crippen LogP contribution < -0.4 is 5.32 Å². The van der Waals surface area contributed by atoms with Crippen LogP contribution in [-0.2, 0) is 9.63 Å². The molecule has 1 atom stereocenters. The van der Waals surface area contributed by atoms with Gasteiger partial charge in [0.15, 0.2) is 6.29 Å². The highest BCUT2D eigenvalue weighted by Gasteiger charge is 2.63. The van der Waals surface area contributed by atoms with Crippen molar-refractivity contribution in [3.8, 4) is 0 Å². The normalized spacial score (nSPS) is 37.0. The van der Waals surface area contributed by atoms with E-state index >= 15 is 0 Å². The van der Waals surface area contributed by atoms with Crippen molar-refractivity contribution >= 4 is 6.29 Å². The molecular formula is C11H18N2O2. The second-order valence-electron chi connectivity index (χ2n) is 5.47. The molecule has 1 unspecified atom stereocenters. The van der Waals surface area contributed by atoms with Crippen molar-refractivity contribution < 1.29 is 9.63 Å². The molecule has 0 bridgehead atoms. The summed E-state index contributed by atoms with van der Waals surface area (Å²) in [6, 6.07) is 0. The van der Waals surface area contributed by atoms with Crippen LogP contribution in [0.4, 0.5) is 0 Å². The Morgan fingerprint density at radius 1 is 1.33 bits per heavy atom. The van der Waals surface area contributed by atoms with Gasteiger partial charge in [0.05, 0.1) is 11.1 Å². The first-order chi connectivity index (χ1) is 6.75. The van der Waals surface area contributed by atoms with E-state index in [1.807, 2.05) is 12.0 Å². The third-order valence-electron chi connectivity index (χ3n) is 3.97. The minimum absolute atomic E-state index is 0.121. The molecule has 0 aromatic rings. The SMILES string of the molecule is CC12NC(C)(C)C(C)(C)N1OC=C2C=O. The van der Waals surface area contributed by atoms with E-state index in [9.17, 15) is 4.79 Å². The molecule has 0 spiro atoms. The molecule has 4 nitrogen and oxygen atoms in total. The molecular weight excluding hydrogens is 192 g/mol. The van der Waals surface area contributed by atoms with Gasteiger partial charge in [0.25, 0.3) is 0 Å². The summed E-state index contributed by atoms with van der Waals surface area (Å²) < 4.78 is 0. The fraction of sp³-hybridized carbons (Fsp3) is 0.727. The van der Waals surface area contributed by atoms with Crippen molar-refractivity contribution in [1.29, 1.82) is 0 Å². The number of carbonyl (C=O) groups is 1. The highest BCUT2D eigenvalue weighted by atomic mass is 16.7. The van der Waals surface area contributed by atoms with Gasteiger partial charge < -0.3 is 4.84 Å². The van der Waals surface area contributed by atoms with Crippen LogP contribution in [-0.4, -0.2) is 28.1 Å². The van der Waals surface area contributed by atoms with E-state index in [-0.39, 0.29) is 11.1 Å². The van der Waals surface area contributed by atoms with Gasteiger partial charge in [0, 0.05) is 5.54 Å². The Balaban J connectivity index is 2.47. The molecule has 1 N–H and O–H groups in total. The number of aldehydes is 1. The second-order valence-corrected chi connectivity index (χ2v) is 5.47. The third-order valence-corrected chi connectivity index (χ3v) is 3.97. The summed E-state index contributed by atoms with van der Waals surface area (Å²) in [6.45, 7) is 10.4. The van der Waals surface area contributed by atoms with Gasteiger partial charge in [0.2, 0.25) is 0 Å².